The fourth-order valence-corrected chi connectivity index (χ4v) is 1.97. The minimum atomic E-state index is -0.465. The van der Waals surface area contributed by atoms with Gasteiger partial charge < -0.3 is 0 Å². The van der Waals surface area contributed by atoms with E-state index in [9.17, 15) is 14.9 Å². The Labute approximate surface area is 134 Å². The van der Waals surface area contributed by atoms with Gasteiger partial charge in [0, 0.05) is 18.3 Å². The molecule has 1 aromatic heterocycles. The lowest BCUT2D eigenvalue weighted by molar-refractivity contribution is -0.384. The van der Waals surface area contributed by atoms with E-state index in [4.69, 9.17) is 0 Å². The van der Waals surface area contributed by atoms with Gasteiger partial charge in [-0.15, -0.1) is 0 Å². The molecule has 0 N–H and O–H groups in total. The van der Waals surface area contributed by atoms with Crippen LogP contribution in [-0.2, 0) is 6.42 Å². The second-order valence-electron chi connectivity index (χ2n) is 5.54. The molecule has 23 heavy (non-hydrogen) atoms. The smallest absolute Gasteiger partial charge is 0.269 e. The Hall–Kier alpha value is -2.89. The summed E-state index contributed by atoms with van der Waals surface area (Å²) in [7, 11) is 0. The zero-order valence-corrected chi connectivity index (χ0v) is 13.0. The molecule has 0 fully saturated rings. The molecular weight excluding hydrogens is 294 g/mol. The molecule has 1 aromatic carbocycles. The van der Waals surface area contributed by atoms with Gasteiger partial charge in [0.15, 0.2) is 0 Å². The first-order chi connectivity index (χ1) is 11.0. The number of benzene rings is 1. The molecule has 0 saturated carbocycles. The number of rotatable bonds is 6. The van der Waals surface area contributed by atoms with Gasteiger partial charge >= 0.3 is 0 Å². The first kappa shape index (κ1) is 16.5. The number of nitro benzene ring substituents is 1. The molecule has 118 valence electrons. The Bertz CT molecular complexity index is 720. The van der Waals surface area contributed by atoms with E-state index in [2.05, 4.69) is 23.8 Å². The normalized spacial score (nSPS) is 11.1. The van der Waals surface area contributed by atoms with Crippen LogP contribution in [0.15, 0.2) is 42.7 Å². The van der Waals surface area contributed by atoms with Crippen LogP contribution in [0.5, 0.6) is 0 Å². The maximum absolute atomic E-state index is 12.0. The third-order valence-electron chi connectivity index (χ3n) is 3.11. The molecule has 2 aromatic rings. The number of hydrogen-bond donors (Lipinski definition) is 0. The van der Waals surface area contributed by atoms with Crippen molar-refractivity contribution in [3.8, 4) is 0 Å². The van der Waals surface area contributed by atoms with Gasteiger partial charge in [-0.05, 0) is 36.1 Å². The van der Waals surface area contributed by atoms with Crippen LogP contribution in [0.25, 0.3) is 6.08 Å². The number of ketones is 1. The number of aromatic nitrogens is 2. The standard InChI is InChI=1S/C17H17N3O3/c1-12(2)9-14-10-19-16(11-18-14)17(21)8-5-13-3-6-15(7-4-13)20(22)23/h3-8,10-12H,9H2,1-2H3/b8-5+. The van der Waals surface area contributed by atoms with Crippen molar-refractivity contribution in [2.75, 3.05) is 0 Å². The summed E-state index contributed by atoms with van der Waals surface area (Å²) in [5.41, 5.74) is 1.85. The maximum atomic E-state index is 12.0. The predicted molar refractivity (Wildman–Crippen MR) is 87.0 cm³/mol. The number of allylic oxidation sites excluding steroid dienone is 1. The lowest BCUT2D eigenvalue weighted by Crippen LogP contribution is -2.03. The van der Waals surface area contributed by atoms with Crippen LogP contribution in [0.2, 0.25) is 0 Å². The average molecular weight is 311 g/mol. The van der Waals surface area contributed by atoms with E-state index in [1.165, 1.54) is 24.4 Å². The molecule has 0 saturated heterocycles. The van der Waals surface area contributed by atoms with Crippen LogP contribution in [0.4, 0.5) is 5.69 Å². The van der Waals surface area contributed by atoms with Gasteiger partial charge in [-0.25, -0.2) is 4.98 Å². The van der Waals surface area contributed by atoms with Crippen LogP contribution in [-0.4, -0.2) is 20.7 Å². The highest BCUT2D eigenvalue weighted by Gasteiger charge is 2.06. The van der Waals surface area contributed by atoms with Crippen LogP contribution in [0.1, 0.15) is 35.6 Å². The molecule has 0 amide bonds. The molecule has 0 aliphatic heterocycles. The van der Waals surface area contributed by atoms with Crippen molar-refractivity contribution in [3.05, 3.63) is 69.8 Å². The van der Waals surface area contributed by atoms with Gasteiger partial charge in [0.05, 0.1) is 16.8 Å². The van der Waals surface area contributed by atoms with E-state index in [0.29, 0.717) is 11.5 Å². The zero-order chi connectivity index (χ0) is 16.8. The van der Waals surface area contributed by atoms with Crippen molar-refractivity contribution in [1.29, 1.82) is 0 Å². The highest BCUT2D eigenvalue weighted by atomic mass is 16.6. The number of hydrogen-bond acceptors (Lipinski definition) is 5. The molecule has 6 heteroatoms. The van der Waals surface area contributed by atoms with E-state index in [1.54, 1.807) is 24.4 Å². The molecule has 0 spiro atoms. The Balaban J connectivity index is 2.04. The number of carbonyl (C=O) groups is 1. The summed E-state index contributed by atoms with van der Waals surface area (Å²) in [4.78, 5) is 30.5. The van der Waals surface area contributed by atoms with Gasteiger partial charge in [0.2, 0.25) is 5.78 Å². The predicted octanol–water partition coefficient (Wildman–Crippen LogP) is 3.48. The summed E-state index contributed by atoms with van der Waals surface area (Å²) < 4.78 is 0. The van der Waals surface area contributed by atoms with Crippen LogP contribution in [0.3, 0.4) is 0 Å². The van der Waals surface area contributed by atoms with E-state index >= 15 is 0 Å². The van der Waals surface area contributed by atoms with Gasteiger partial charge in [0.25, 0.3) is 5.69 Å². The number of nitrogens with zero attached hydrogens (tertiary/aromatic N) is 3. The molecule has 0 radical (unpaired) electrons. The van der Waals surface area contributed by atoms with Crippen molar-refractivity contribution >= 4 is 17.5 Å². The van der Waals surface area contributed by atoms with Crippen molar-refractivity contribution in [2.24, 2.45) is 5.92 Å². The second kappa shape index (κ2) is 7.40. The molecule has 0 atom stereocenters. The molecule has 2 rings (SSSR count). The van der Waals surface area contributed by atoms with Gasteiger partial charge in [-0.3, -0.25) is 19.9 Å². The Morgan fingerprint density at radius 3 is 2.43 bits per heavy atom. The third-order valence-corrected chi connectivity index (χ3v) is 3.11. The second-order valence-corrected chi connectivity index (χ2v) is 5.54. The molecule has 6 nitrogen and oxygen atoms in total. The summed E-state index contributed by atoms with van der Waals surface area (Å²) in [5, 5.41) is 10.6. The number of non-ortho nitro benzene ring substituents is 1. The molecule has 0 unspecified atom stereocenters. The van der Waals surface area contributed by atoms with E-state index < -0.39 is 4.92 Å². The lowest BCUT2D eigenvalue weighted by atomic mass is 10.1. The van der Waals surface area contributed by atoms with Crippen molar-refractivity contribution in [1.82, 2.24) is 9.97 Å². The minimum absolute atomic E-state index is 0.0140. The minimum Gasteiger partial charge on any atom is -0.287 e. The maximum Gasteiger partial charge on any atom is 0.269 e. The largest absolute Gasteiger partial charge is 0.287 e. The number of carbonyl (C=O) groups excluding carboxylic acids is 1. The molecule has 0 aliphatic rings. The van der Waals surface area contributed by atoms with Crippen LogP contribution >= 0.6 is 0 Å². The fraction of sp³-hybridized carbons (Fsp3) is 0.235. The summed E-state index contributed by atoms with van der Waals surface area (Å²) in [6, 6.07) is 5.95. The van der Waals surface area contributed by atoms with E-state index in [0.717, 1.165) is 12.1 Å². The molecular formula is C17H17N3O3. The monoisotopic (exact) mass is 311 g/mol. The Kier molecular flexibility index (Phi) is 5.30. The van der Waals surface area contributed by atoms with E-state index in [-0.39, 0.29) is 17.2 Å². The molecule has 1 heterocycles. The SMILES string of the molecule is CC(C)Cc1cnc(C(=O)/C=C/c2ccc([N+](=O)[O-])cc2)cn1. The van der Waals surface area contributed by atoms with Crippen molar-refractivity contribution in [2.45, 2.75) is 20.3 Å². The lowest BCUT2D eigenvalue weighted by Gasteiger charge is -2.03. The summed E-state index contributed by atoms with van der Waals surface area (Å²) in [6.45, 7) is 4.18. The average Bonchev–Trinajstić information content (AvgIpc) is 2.53. The quantitative estimate of drug-likeness (QED) is 0.353. The Morgan fingerprint density at radius 2 is 1.91 bits per heavy atom. The number of nitro groups is 1. The first-order valence-corrected chi connectivity index (χ1v) is 7.23. The first-order valence-electron chi connectivity index (χ1n) is 7.23. The van der Waals surface area contributed by atoms with Gasteiger partial charge in [-0.1, -0.05) is 19.9 Å². The molecule has 0 bridgehead atoms. The summed E-state index contributed by atoms with van der Waals surface area (Å²) in [5.74, 6) is 0.222. The third kappa shape index (κ3) is 4.81. The van der Waals surface area contributed by atoms with Crippen LogP contribution in [0, 0.1) is 16.0 Å². The van der Waals surface area contributed by atoms with Crippen molar-refractivity contribution in [3.63, 3.8) is 0 Å². The van der Waals surface area contributed by atoms with E-state index in [1.807, 2.05) is 0 Å². The highest BCUT2D eigenvalue weighted by molar-refractivity contribution is 6.05. The summed E-state index contributed by atoms with van der Waals surface area (Å²) in [6.07, 6.45) is 6.89. The van der Waals surface area contributed by atoms with Gasteiger partial charge in [-0.2, -0.15) is 0 Å². The fourth-order valence-electron chi connectivity index (χ4n) is 1.97. The topological polar surface area (TPSA) is 86.0 Å². The van der Waals surface area contributed by atoms with Crippen LogP contribution < -0.4 is 0 Å². The van der Waals surface area contributed by atoms with Gasteiger partial charge in [0.1, 0.15) is 5.69 Å². The van der Waals surface area contributed by atoms with Crippen molar-refractivity contribution < 1.29 is 9.72 Å². The zero-order valence-electron chi connectivity index (χ0n) is 13.0. The molecule has 0 aliphatic carbocycles. The summed E-state index contributed by atoms with van der Waals surface area (Å²) >= 11 is 0. The highest BCUT2D eigenvalue weighted by Crippen LogP contribution is 2.13. The Morgan fingerprint density at radius 1 is 1.22 bits per heavy atom.